The molecule has 38 heavy (non-hydrogen) atoms. The summed E-state index contributed by atoms with van der Waals surface area (Å²) in [6, 6.07) is 13.4. The summed E-state index contributed by atoms with van der Waals surface area (Å²) in [6.45, 7) is -0.953. The van der Waals surface area contributed by atoms with Crippen LogP contribution in [0.2, 0.25) is 0 Å². The average Bonchev–Trinajstić information content (AvgIpc) is 3.10. The normalized spacial score (nSPS) is 25.6. The third-order valence-electron chi connectivity index (χ3n) is 6.14. The molecule has 1 fully saturated rings. The summed E-state index contributed by atoms with van der Waals surface area (Å²) in [6.07, 6.45) is -2.57. The molecule has 5 N–H and O–H groups in total. The van der Waals surface area contributed by atoms with Gasteiger partial charge >= 0.3 is 18.3 Å². The zero-order valence-corrected chi connectivity index (χ0v) is 22.6. The van der Waals surface area contributed by atoms with Gasteiger partial charge in [-0.25, -0.2) is 9.88 Å². The van der Waals surface area contributed by atoms with Gasteiger partial charge in [0.1, 0.15) is 35.4 Å². The number of carbonyl (C=O) groups excluding carboxylic acids is 1. The number of hydrogen-bond acceptors (Lipinski definition) is 11. The van der Waals surface area contributed by atoms with Crippen LogP contribution in [0.15, 0.2) is 59.5 Å². The second-order valence-corrected chi connectivity index (χ2v) is 12.1. The van der Waals surface area contributed by atoms with E-state index in [9.17, 15) is 19.8 Å². The molecule has 1 saturated heterocycles. The molecule has 6 unspecified atom stereocenters. The second kappa shape index (κ2) is 11.1. The zero-order chi connectivity index (χ0) is 27.7. The van der Waals surface area contributed by atoms with Gasteiger partial charge in [0.25, 0.3) is 0 Å². The third kappa shape index (κ3) is 5.74. The van der Waals surface area contributed by atoms with Gasteiger partial charge in [-0.3, -0.25) is 9.36 Å². The second-order valence-electron chi connectivity index (χ2n) is 8.98. The van der Waals surface area contributed by atoms with Crippen LogP contribution in [0, 0.1) is 0 Å². The quantitative estimate of drug-likeness (QED) is 0.219. The molecule has 1 aliphatic heterocycles. The van der Waals surface area contributed by atoms with E-state index in [-0.39, 0.29) is 12.4 Å². The molecule has 6 atom stereocenters. The Hall–Kier alpha value is -2.90. The van der Waals surface area contributed by atoms with E-state index in [4.69, 9.17) is 36.1 Å². The number of hydrogen-bond donors (Lipinski definition) is 4. The molecular formula is C24H29N4O8PS. The number of methoxy groups -OCH3 is 1. The first-order chi connectivity index (χ1) is 17.9. The predicted molar refractivity (Wildman–Crippen MR) is 143 cm³/mol. The number of nitrogens with two attached hydrogens (primary N) is 1. The number of aromatic nitrogens is 2. The molecule has 0 aliphatic carbocycles. The van der Waals surface area contributed by atoms with E-state index < -0.39 is 48.4 Å². The van der Waals surface area contributed by atoms with Crippen LogP contribution in [-0.2, 0) is 30.6 Å². The van der Waals surface area contributed by atoms with Gasteiger partial charge in [-0.2, -0.15) is 4.98 Å². The number of esters is 1. The van der Waals surface area contributed by atoms with Crippen LogP contribution >= 0.6 is 6.64 Å². The summed E-state index contributed by atoms with van der Waals surface area (Å²) in [5.41, 5.74) is 2.90. The summed E-state index contributed by atoms with van der Waals surface area (Å²) in [7, 11) is 1.25. The Morgan fingerprint density at radius 1 is 1.32 bits per heavy atom. The van der Waals surface area contributed by atoms with Gasteiger partial charge in [0.2, 0.25) is 0 Å². The minimum atomic E-state index is -3.49. The van der Waals surface area contributed by atoms with Crippen LogP contribution in [0.3, 0.4) is 0 Å². The van der Waals surface area contributed by atoms with Crippen molar-refractivity contribution in [1.82, 2.24) is 14.6 Å². The molecule has 14 heteroatoms. The van der Waals surface area contributed by atoms with E-state index in [1.807, 2.05) is 30.3 Å². The fraction of sp³-hybridized carbons (Fsp3) is 0.375. The highest BCUT2D eigenvalue weighted by atomic mass is 32.5. The summed E-state index contributed by atoms with van der Waals surface area (Å²) in [5.74, 6) is -0.158. The maximum Gasteiger partial charge on any atom is 0.351 e. The minimum absolute atomic E-state index is 0.00129. The van der Waals surface area contributed by atoms with Crippen molar-refractivity contribution in [1.29, 1.82) is 0 Å². The van der Waals surface area contributed by atoms with Crippen molar-refractivity contribution in [3.05, 3.63) is 65.2 Å². The topological polar surface area (TPSA) is 167 Å². The van der Waals surface area contributed by atoms with E-state index >= 15 is 0 Å². The van der Waals surface area contributed by atoms with E-state index in [0.29, 0.717) is 5.75 Å². The molecule has 1 aromatic heterocycles. The number of nitrogens with one attached hydrogen (secondary N) is 1. The first kappa shape index (κ1) is 28.1. The number of fused-ring (bicyclic) bond motifs is 1. The average molecular weight is 565 g/mol. The molecule has 0 bridgehead atoms. The summed E-state index contributed by atoms with van der Waals surface area (Å²) < 4.78 is 23.8. The van der Waals surface area contributed by atoms with E-state index in [1.54, 1.807) is 19.1 Å². The zero-order valence-electron chi connectivity index (χ0n) is 20.9. The van der Waals surface area contributed by atoms with Gasteiger partial charge < -0.3 is 34.5 Å². The molecule has 1 aliphatic rings. The van der Waals surface area contributed by atoms with Crippen LogP contribution in [0.4, 0.5) is 5.82 Å². The first-order valence-corrected chi connectivity index (χ1v) is 14.3. The summed E-state index contributed by atoms with van der Waals surface area (Å²) >= 11 is 5.75. The van der Waals surface area contributed by atoms with Gasteiger partial charge in [-0.1, -0.05) is 36.4 Å². The lowest BCUT2D eigenvalue weighted by molar-refractivity contribution is -0.142. The number of aliphatic hydroxyl groups is 2. The van der Waals surface area contributed by atoms with E-state index in [2.05, 4.69) is 10.1 Å². The molecule has 4 rings (SSSR count). The molecular weight excluding hydrogens is 535 g/mol. The largest absolute Gasteiger partial charge is 0.468 e. The van der Waals surface area contributed by atoms with Gasteiger partial charge in [0.05, 0.1) is 13.7 Å². The van der Waals surface area contributed by atoms with Crippen molar-refractivity contribution < 1.29 is 33.5 Å². The number of nitrogens with zero attached hydrogens (tertiary/aromatic N) is 2. The number of nitrogen functional groups attached to an aromatic ring is 1. The molecule has 2 heterocycles. The number of aliphatic hydroxyl groups excluding tert-OH is 1. The highest BCUT2D eigenvalue weighted by molar-refractivity contribution is 8.09. The van der Waals surface area contributed by atoms with Crippen LogP contribution in [0.25, 0.3) is 10.8 Å². The number of carbonyl (C=O) groups is 1. The number of anilines is 1. The Morgan fingerprint density at radius 3 is 2.74 bits per heavy atom. The number of ether oxygens (including phenoxy) is 2. The first-order valence-electron chi connectivity index (χ1n) is 11.6. The van der Waals surface area contributed by atoms with Gasteiger partial charge in [-0.15, -0.1) is 0 Å². The smallest absolute Gasteiger partial charge is 0.351 e. The molecule has 12 nitrogen and oxygen atoms in total. The Kier molecular flexibility index (Phi) is 8.19. The maximum absolute atomic E-state index is 12.4. The van der Waals surface area contributed by atoms with Gasteiger partial charge in [0, 0.05) is 11.6 Å². The van der Waals surface area contributed by atoms with Crippen LogP contribution < -0.4 is 21.0 Å². The lowest BCUT2D eigenvalue weighted by Gasteiger charge is -2.28. The minimum Gasteiger partial charge on any atom is -0.468 e. The van der Waals surface area contributed by atoms with Crippen molar-refractivity contribution in [2.24, 2.45) is 0 Å². The van der Waals surface area contributed by atoms with Crippen molar-refractivity contribution in [3.63, 3.8) is 0 Å². The van der Waals surface area contributed by atoms with Crippen LogP contribution in [-0.4, -0.2) is 63.3 Å². The van der Waals surface area contributed by atoms with Crippen LogP contribution in [0.5, 0.6) is 5.75 Å². The van der Waals surface area contributed by atoms with Crippen molar-refractivity contribution >= 4 is 41.0 Å². The van der Waals surface area contributed by atoms with Crippen LogP contribution in [0.1, 0.15) is 20.1 Å². The molecule has 2 aromatic carbocycles. The van der Waals surface area contributed by atoms with Crippen molar-refractivity contribution in [2.45, 2.75) is 43.9 Å². The molecule has 0 amide bonds. The highest BCUT2D eigenvalue weighted by Gasteiger charge is 2.54. The molecule has 0 radical (unpaired) electrons. The SMILES string of the molecule is COC(=O)C(C)NP(=S)(OCC1OC(n2ccc(N)nc2=O)C(C)(O)C1O)Oc1cccc2ccccc12. The Bertz CT molecular complexity index is 1430. The van der Waals surface area contributed by atoms with Gasteiger partial charge in [0.15, 0.2) is 6.23 Å². The fourth-order valence-corrected chi connectivity index (χ4v) is 6.53. The molecule has 3 aromatic rings. The third-order valence-corrected chi connectivity index (χ3v) is 8.63. The van der Waals surface area contributed by atoms with Crippen molar-refractivity contribution in [3.8, 4) is 5.75 Å². The number of rotatable bonds is 9. The predicted octanol–water partition coefficient (Wildman–Crippen LogP) is 1.46. The fourth-order valence-electron chi connectivity index (χ4n) is 4.12. The van der Waals surface area contributed by atoms with Gasteiger partial charge in [-0.05, 0) is 43.2 Å². The van der Waals surface area contributed by atoms with E-state index in [1.165, 1.54) is 26.3 Å². The lowest BCUT2D eigenvalue weighted by atomic mass is 9.96. The molecule has 0 spiro atoms. The Labute approximate surface area is 223 Å². The van der Waals surface area contributed by atoms with E-state index in [0.717, 1.165) is 15.3 Å². The lowest BCUT2D eigenvalue weighted by Crippen LogP contribution is -2.46. The van der Waals surface area contributed by atoms with Crippen molar-refractivity contribution in [2.75, 3.05) is 19.5 Å². The monoisotopic (exact) mass is 564 g/mol. The summed E-state index contributed by atoms with van der Waals surface area (Å²) in [5, 5.41) is 26.4. The Balaban J connectivity index is 1.59. The number of benzene rings is 2. The Morgan fingerprint density at radius 2 is 2.03 bits per heavy atom. The molecule has 204 valence electrons. The standard InChI is InChI=1S/C24H29N4O8PS/c1-14(21(30)33-3)27-37(38,36-17-10-6-8-15-7-4-5-9-16(15)17)34-13-18-20(29)24(2,32)22(35-18)28-12-11-19(25)26-23(28)31/h4-12,14,18,20,22,29,32H,13H2,1-3H3,(H,27,38)(H2,25,26,31). The maximum atomic E-state index is 12.4. The molecule has 0 saturated carbocycles. The highest BCUT2D eigenvalue weighted by Crippen LogP contribution is 2.48. The summed E-state index contributed by atoms with van der Waals surface area (Å²) in [4.78, 5) is 28.1.